The van der Waals surface area contributed by atoms with Crippen molar-refractivity contribution in [1.29, 1.82) is 0 Å². The zero-order valence-electron chi connectivity index (χ0n) is 9.02. The molecule has 0 fully saturated rings. The number of thioether (sulfide) groups is 1. The van der Waals surface area contributed by atoms with Crippen molar-refractivity contribution in [3.63, 3.8) is 0 Å². The smallest absolute Gasteiger partial charge is 0.126 e. The molecule has 1 aromatic heterocycles. The molecular weight excluding hydrogens is 208 g/mol. The van der Waals surface area contributed by atoms with Gasteiger partial charge >= 0.3 is 0 Å². The lowest BCUT2D eigenvalue weighted by Crippen LogP contribution is -2.13. The SMILES string of the molecule is CCSCCC(O)Cc1cccnc1N. The summed E-state index contributed by atoms with van der Waals surface area (Å²) in [7, 11) is 0. The molecule has 1 aromatic rings. The van der Waals surface area contributed by atoms with Crippen molar-refractivity contribution in [3.8, 4) is 0 Å². The van der Waals surface area contributed by atoms with Crippen molar-refractivity contribution in [2.24, 2.45) is 0 Å². The van der Waals surface area contributed by atoms with E-state index in [1.807, 2.05) is 23.9 Å². The van der Waals surface area contributed by atoms with Crippen LogP contribution in [0.4, 0.5) is 5.82 Å². The topological polar surface area (TPSA) is 59.1 Å². The molecule has 0 aromatic carbocycles. The van der Waals surface area contributed by atoms with Crippen LogP contribution in [0, 0.1) is 0 Å². The monoisotopic (exact) mass is 226 g/mol. The van der Waals surface area contributed by atoms with Gasteiger partial charge in [-0.2, -0.15) is 11.8 Å². The van der Waals surface area contributed by atoms with Gasteiger partial charge in [-0.25, -0.2) is 4.98 Å². The van der Waals surface area contributed by atoms with Gasteiger partial charge in [0.1, 0.15) is 5.82 Å². The van der Waals surface area contributed by atoms with Crippen LogP contribution in [0.15, 0.2) is 18.3 Å². The van der Waals surface area contributed by atoms with Crippen LogP contribution in [0.1, 0.15) is 18.9 Å². The Hall–Kier alpha value is -0.740. The lowest BCUT2D eigenvalue weighted by Gasteiger charge is -2.11. The molecule has 1 atom stereocenters. The van der Waals surface area contributed by atoms with Gasteiger partial charge in [-0.05, 0) is 29.6 Å². The Morgan fingerprint density at radius 2 is 2.40 bits per heavy atom. The van der Waals surface area contributed by atoms with Crippen molar-refractivity contribution in [1.82, 2.24) is 4.98 Å². The molecule has 0 amide bonds. The minimum Gasteiger partial charge on any atom is -0.393 e. The summed E-state index contributed by atoms with van der Waals surface area (Å²) < 4.78 is 0. The second-order valence-corrected chi connectivity index (χ2v) is 4.79. The van der Waals surface area contributed by atoms with Crippen LogP contribution in [-0.4, -0.2) is 27.7 Å². The molecule has 15 heavy (non-hydrogen) atoms. The molecule has 0 radical (unpaired) electrons. The maximum atomic E-state index is 9.76. The number of anilines is 1. The molecule has 84 valence electrons. The summed E-state index contributed by atoms with van der Waals surface area (Å²) in [6, 6.07) is 3.76. The second-order valence-electron chi connectivity index (χ2n) is 3.39. The van der Waals surface area contributed by atoms with Gasteiger partial charge < -0.3 is 10.8 Å². The van der Waals surface area contributed by atoms with Crippen molar-refractivity contribution >= 4 is 17.6 Å². The van der Waals surface area contributed by atoms with Crippen LogP contribution in [-0.2, 0) is 6.42 Å². The Morgan fingerprint density at radius 3 is 3.07 bits per heavy atom. The van der Waals surface area contributed by atoms with Crippen LogP contribution in [0.25, 0.3) is 0 Å². The molecule has 0 bridgehead atoms. The van der Waals surface area contributed by atoms with Crippen LogP contribution >= 0.6 is 11.8 Å². The molecule has 1 unspecified atom stereocenters. The first-order valence-corrected chi connectivity index (χ1v) is 6.34. The molecule has 0 saturated carbocycles. The van der Waals surface area contributed by atoms with E-state index in [-0.39, 0.29) is 6.10 Å². The number of rotatable bonds is 6. The number of hydrogen-bond acceptors (Lipinski definition) is 4. The van der Waals surface area contributed by atoms with Crippen molar-refractivity contribution in [2.75, 3.05) is 17.2 Å². The van der Waals surface area contributed by atoms with E-state index in [1.54, 1.807) is 6.20 Å². The van der Waals surface area contributed by atoms with Crippen LogP contribution in [0.5, 0.6) is 0 Å². The fraction of sp³-hybridized carbons (Fsp3) is 0.545. The van der Waals surface area contributed by atoms with Gasteiger partial charge in [0, 0.05) is 12.6 Å². The summed E-state index contributed by atoms with van der Waals surface area (Å²) in [4.78, 5) is 3.99. The first kappa shape index (κ1) is 12.3. The molecule has 0 spiro atoms. The lowest BCUT2D eigenvalue weighted by atomic mass is 10.1. The maximum absolute atomic E-state index is 9.76. The summed E-state index contributed by atoms with van der Waals surface area (Å²) in [6.45, 7) is 2.12. The third-order valence-corrected chi connectivity index (χ3v) is 3.11. The Bertz CT molecular complexity index is 294. The molecule has 0 aliphatic heterocycles. The summed E-state index contributed by atoms with van der Waals surface area (Å²) >= 11 is 1.84. The van der Waals surface area contributed by atoms with Gasteiger partial charge in [-0.15, -0.1) is 0 Å². The standard InChI is InChI=1S/C11H18N2OS/c1-2-15-7-5-10(14)8-9-4-3-6-13-11(9)12/h3-4,6,10,14H,2,5,7-8H2,1H3,(H2,12,13). The number of nitrogens with zero attached hydrogens (tertiary/aromatic N) is 1. The molecule has 0 aliphatic carbocycles. The molecule has 3 N–H and O–H groups in total. The molecule has 4 heteroatoms. The molecule has 1 rings (SSSR count). The van der Waals surface area contributed by atoms with E-state index < -0.39 is 0 Å². The highest BCUT2D eigenvalue weighted by atomic mass is 32.2. The fourth-order valence-corrected chi connectivity index (χ4v) is 2.07. The summed E-state index contributed by atoms with van der Waals surface area (Å²) in [6.07, 6.45) is 2.77. The number of hydrogen-bond donors (Lipinski definition) is 2. The number of nitrogen functional groups attached to an aromatic ring is 1. The molecule has 1 heterocycles. The Morgan fingerprint density at radius 1 is 1.60 bits per heavy atom. The number of aliphatic hydroxyl groups is 1. The number of aliphatic hydroxyl groups excluding tert-OH is 1. The van der Waals surface area contributed by atoms with Crippen LogP contribution in [0.3, 0.4) is 0 Å². The molecule has 0 saturated heterocycles. The molecule has 3 nitrogen and oxygen atoms in total. The normalized spacial score (nSPS) is 12.7. The van der Waals surface area contributed by atoms with E-state index in [0.29, 0.717) is 12.2 Å². The minimum atomic E-state index is -0.310. The third kappa shape index (κ3) is 4.53. The second kappa shape index (κ2) is 6.69. The van der Waals surface area contributed by atoms with Crippen LogP contribution in [0.2, 0.25) is 0 Å². The van der Waals surface area contributed by atoms with Gasteiger partial charge in [0.15, 0.2) is 0 Å². The first-order valence-electron chi connectivity index (χ1n) is 5.19. The van der Waals surface area contributed by atoms with E-state index in [0.717, 1.165) is 23.5 Å². The van der Waals surface area contributed by atoms with Gasteiger partial charge in [0.2, 0.25) is 0 Å². The summed E-state index contributed by atoms with van der Waals surface area (Å²) in [5.41, 5.74) is 6.63. The van der Waals surface area contributed by atoms with E-state index in [1.165, 1.54) is 0 Å². The van der Waals surface area contributed by atoms with Crippen LogP contribution < -0.4 is 5.73 Å². The van der Waals surface area contributed by atoms with Gasteiger partial charge in [-0.1, -0.05) is 13.0 Å². The Kier molecular flexibility index (Phi) is 5.50. The fourth-order valence-electron chi connectivity index (χ4n) is 1.34. The average molecular weight is 226 g/mol. The maximum Gasteiger partial charge on any atom is 0.126 e. The van der Waals surface area contributed by atoms with Gasteiger partial charge in [0.05, 0.1) is 6.10 Å². The highest BCUT2D eigenvalue weighted by Gasteiger charge is 2.07. The average Bonchev–Trinajstić information content (AvgIpc) is 2.22. The number of aromatic nitrogens is 1. The highest BCUT2D eigenvalue weighted by Crippen LogP contribution is 2.13. The minimum absolute atomic E-state index is 0.310. The van der Waals surface area contributed by atoms with Crippen molar-refractivity contribution in [2.45, 2.75) is 25.9 Å². The quantitative estimate of drug-likeness (QED) is 0.725. The lowest BCUT2D eigenvalue weighted by molar-refractivity contribution is 0.172. The number of pyridine rings is 1. The van der Waals surface area contributed by atoms with Crippen molar-refractivity contribution in [3.05, 3.63) is 23.9 Å². The van der Waals surface area contributed by atoms with E-state index in [4.69, 9.17) is 5.73 Å². The molecular formula is C11H18N2OS. The van der Waals surface area contributed by atoms with Gasteiger partial charge in [-0.3, -0.25) is 0 Å². The van der Waals surface area contributed by atoms with Gasteiger partial charge in [0.25, 0.3) is 0 Å². The Labute approximate surface area is 95.1 Å². The molecule has 0 aliphatic rings. The predicted octanol–water partition coefficient (Wildman–Crippen LogP) is 1.71. The number of nitrogens with two attached hydrogens (primary N) is 1. The summed E-state index contributed by atoms with van der Waals surface area (Å²) in [5.74, 6) is 2.62. The highest BCUT2D eigenvalue weighted by molar-refractivity contribution is 7.99. The van der Waals surface area contributed by atoms with Crippen molar-refractivity contribution < 1.29 is 5.11 Å². The first-order chi connectivity index (χ1) is 7.24. The zero-order valence-corrected chi connectivity index (χ0v) is 9.83. The van der Waals surface area contributed by atoms with E-state index in [2.05, 4.69) is 11.9 Å². The Balaban J connectivity index is 2.37. The zero-order chi connectivity index (χ0) is 11.1. The largest absolute Gasteiger partial charge is 0.393 e. The van der Waals surface area contributed by atoms with E-state index >= 15 is 0 Å². The predicted molar refractivity (Wildman–Crippen MR) is 66.0 cm³/mol. The van der Waals surface area contributed by atoms with E-state index in [9.17, 15) is 5.11 Å². The third-order valence-electron chi connectivity index (χ3n) is 2.18. The summed E-state index contributed by atoms with van der Waals surface area (Å²) in [5, 5.41) is 9.76.